The fraction of sp³-hybridized carbons (Fsp3) is 0.308. The van der Waals surface area contributed by atoms with Crippen molar-refractivity contribution < 1.29 is 45.4 Å². The number of hydrogen-bond donors (Lipinski definition) is 2. The lowest BCUT2D eigenvalue weighted by Gasteiger charge is -2.08. The molecular formula is C26H23Cl3F6N8O4. The summed E-state index contributed by atoms with van der Waals surface area (Å²) in [6.07, 6.45) is -7.08. The Morgan fingerprint density at radius 2 is 1.23 bits per heavy atom. The van der Waals surface area contributed by atoms with Crippen molar-refractivity contribution in [1.82, 2.24) is 40.2 Å². The van der Waals surface area contributed by atoms with Crippen LogP contribution in [0, 0.1) is 0 Å². The van der Waals surface area contributed by atoms with E-state index in [-0.39, 0.29) is 38.6 Å². The van der Waals surface area contributed by atoms with E-state index < -0.39 is 35.5 Å². The van der Waals surface area contributed by atoms with Crippen LogP contribution in [0.1, 0.15) is 36.4 Å². The summed E-state index contributed by atoms with van der Waals surface area (Å²) in [5, 5.41) is 12.0. The number of nitrogens with zero attached hydrogens (tertiary/aromatic N) is 6. The summed E-state index contributed by atoms with van der Waals surface area (Å²) in [6.45, 7) is 3.55. The van der Waals surface area contributed by atoms with Gasteiger partial charge in [-0.25, -0.2) is 19.6 Å². The number of amides is 2. The minimum absolute atomic E-state index is 0.000362. The molecule has 0 saturated carbocycles. The van der Waals surface area contributed by atoms with Gasteiger partial charge in [-0.1, -0.05) is 48.7 Å². The van der Waals surface area contributed by atoms with Gasteiger partial charge in [-0.2, -0.15) is 35.7 Å². The van der Waals surface area contributed by atoms with Gasteiger partial charge in [0.25, 0.3) is 5.88 Å². The number of pyridine rings is 2. The van der Waals surface area contributed by atoms with E-state index in [0.717, 1.165) is 9.36 Å². The molecule has 254 valence electrons. The Hall–Kier alpha value is -4.29. The van der Waals surface area contributed by atoms with Crippen LogP contribution in [-0.2, 0) is 25.2 Å². The van der Waals surface area contributed by atoms with Gasteiger partial charge in [0, 0.05) is 32.6 Å². The van der Waals surface area contributed by atoms with Crippen molar-refractivity contribution in [2.45, 2.75) is 39.0 Å². The van der Waals surface area contributed by atoms with E-state index in [0.29, 0.717) is 48.8 Å². The molecule has 0 radical (unpaired) electrons. The molecule has 0 bridgehead atoms. The number of rotatable bonds is 6. The Morgan fingerprint density at radius 3 is 1.66 bits per heavy atom. The molecule has 0 aliphatic carbocycles. The number of carbonyl (C=O) groups excluding carboxylic acids is 2. The second-order valence-corrected chi connectivity index (χ2v) is 10.1. The minimum atomic E-state index is -4.58. The molecule has 12 nitrogen and oxygen atoms in total. The van der Waals surface area contributed by atoms with E-state index in [1.165, 1.54) is 20.2 Å². The highest BCUT2D eigenvalue weighted by Gasteiger charge is 2.33. The molecule has 0 atom stereocenters. The Morgan fingerprint density at radius 1 is 0.745 bits per heavy atom. The summed E-state index contributed by atoms with van der Waals surface area (Å²) < 4.78 is 88.1. The predicted octanol–water partition coefficient (Wildman–Crippen LogP) is 7.64. The van der Waals surface area contributed by atoms with E-state index >= 15 is 0 Å². The van der Waals surface area contributed by atoms with E-state index in [9.17, 15) is 35.9 Å². The molecule has 4 rings (SSSR count). The zero-order valence-corrected chi connectivity index (χ0v) is 26.8. The third-order valence-electron chi connectivity index (χ3n) is 5.82. The highest BCUT2D eigenvalue weighted by Crippen LogP contribution is 2.37. The molecule has 0 saturated heterocycles. The van der Waals surface area contributed by atoms with Crippen LogP contribution in [-0.4, -0.2) is 55.7 Å². The third kappa shape index (κ3) is 8.95. The first kappa shape index (κ1) is 37.2. The SMILES string of the molecule is CCc1c(Cl)c(Oc2ncc(C(F)(F)F)cc2Cl)nn1C(=O)NC.CCc1cc(Oc2ncc(C(F)(F)F)cc2Cl)nn1C(=O)NC. The van der Waals surface area contributed by atoms with Gasteiger partial charge in [0.15, 0.2) is 0 Å². The van der Waals surface area contributed by atoms with Crippen LogP contribution in [0.15, 0.2) is 30.6 Å². The molecule has 0 spiro atoms. The third-order valence-corrected chi connectivity index (χ3v) is 6.74. The maximum atomic E-state index is 12.6. The minimum Gasteiger partial charge on any atom is -0.417 e. The second-order valence-electron chi connectivity index (χ2n) is 8.90. The monoisotopic (exact) mass is 730 g/mol. The molecule has 4 aromatic heterocycles. The van der Waals surface area contributed by atoms with Crippen LogP contribution in [0.3, 0.4) is 0 Å². The van der Waals surface area contributed by atoms with Gasteiger partial charge in [0.2, 0.25) is 17.6 Å². The van der Waals surface area contributed by atoms with Crippen molar-refractivity contribution in [2.75, 3.05) is 14.1 Å². The van der Waals surface area contributed by atoms with Gasteiger partial charge in [0.05, 0.1) is 22.5 Å². The number of halogens is 9. The first-order valence-electron chi connectivity index (χ1n) is 13.1. The molecular weight excluding hydrogens is 709 g/mol. The Kier molecular flexibility index (Phi) is 11.9. The number of carbonyl (C=O) groups is 2. The van der Waals surface area contributed by atoms with Crippen molar-refractivity contribution in [3.05, 3.63) is 68.2 Å². The van der Waals surface area contributed by atoms with Crippen molar-refractivity contribution in [3.63, 3.8) is 0 Å². The first-order valence-corrected chi connectivity index (χ1v) is 14.2. The fourth-order valence-electron chi connectivity index (χ4n) is 3.54. The summed E-state index contributed by atoms with van der Waals surface area (Å²) in [5.74, 6) is -0.731. The zero-order valence-electron chi connectivity index (χ0n) is 24.5. The summed E-state index contributed by atoms with van der Waals surface area (Å²) in [6, 6.07) is 1.85. The van der Waals surface area contributed by atoms with E-state index in [4.69, 9.17) is 44.3 Å². The molecule has 2 amide bonds. The molecule has 4 aromatic rings. The fourth-order valence-corrected chi connectivity index (χ4v) is 4.24. The molecule has 0 unspecified atom stereocenters. The number of hydrogen-bond acceptors (Lipinski definition) is 8. The van der Waals surface area contributed by atoms with Crippen LogP contribution < -0.4 is 20.1 Å². The lowest BCUT2D eigenvalue weighted by molar-refractivity contribution is -0.138. The standard InChI is InChI=1S/C13H11Cl2F3N4O2.C13H12ClF3N4O2/c1-3-8-9(15)11(21-22(8)12(23)19-2)24-10-7(14)4-6(5-20-10)13(16,17)18;1-3-8-5-10(20-21(8)12(22)18-2)23-11-9(14)4-7(6-19-11)13(15,16)17/h4-5H,3H2,1-2H3,(H,19,23);4-6H,3H2,1-2H3,(H,18,22). The molecule has 0 aliphatic heterocycles. The molecule has 0 fully saturated rings. The predicted molar refractivity (Wildman–Crippen MR) is 157 cm³/mol. The second kappa shape index (κ2) is 15.1. The van der Waals surface area contributed by atoms with Gasteiger partial charge in [0.1, 0.15) is 15.1 Å². The summed E-state index contributed by atoms with van der Waals surface area (Å²) in [5.41, 5.74) is -1.08. The summed E-state index contributed by atoms with van der Waals surface area (Å²) >= 11 is 17.6. The lowest BCUT2D eigenvalue weighted by atomic mass is 10.3. The van der Waals surface area contributed by atoms with Crippen molar-refractivity contribution in [1.29, 1.82) is 0 Å². The lowest BCUT2D eigenvalue weighted by Crippen LogP contribution is -2.27. The number of aryl methyl sites for hydroxylation is 1. The number of nitrogens with one attached hydrogen (secondary N) is 2. The average Bonchev–Trinajstić information content (AvgIpc) is 3.57. The van der Waals surface area contributed by atoms with Gasteiger partial charge < -0.3 is 20.1 Å². The van der Waals surface area contributed by atoms with Gasteiger partial charge >= 0.3 is 24.4 Å². The molecule has 4 heterocycles. The molecule has 47 heavy (non-hydrogen) atoms. The molecule has 0 aromatic carbocycles. The Labute approximate surface area is 276 Å². The van der Waals surface area contributed by atoms with Gasteiger partial charge in [-0.3, -0.25) is 0 Å². The van der Waals surface area contributed by atoms with E-state index in [1.807, 2.05) is 6.92 Å². The number of alkyl halides is 6. The van der Waals surface area contributed by atoms with Crippen LogP contribution in [0.25, 0.3) is 0 Å². The van der Waals surface area contributed by atoms with Crippen LogP contribution in [0.2, 0.25) is 15.1 Å². The smallest absolute Gasteiger partial charge is 0.417 e. The summed E-state index contributed by atoms with van der Waals surface area (Å²) in [4.78, 5) is 30.5. The number of ether oxygens (including phenoxy) is 2. The molecule has 2 N–H and O–H groups in total. The maximum Gasteiger partial charge on any atom is 0.417 e. The van der Waals surface area contributed by atoms with E-state index in [1.54, 1.807) is 6.92 Å². The first-order chi connectivity index (χ1) is 21.9. The van der Waals surface area contributed by atoms with Crippen molar-refractivity contribution in [2.24, 2.45) is 0 Å². The average molecular weight is 732 g/mol. The highest BCUT2D eigenvalue weighted by atomic mass is 35.5. The molecule has 0 aliphatic rings. The van der Waals surface area contributed by atoms with Crippen LogP contribution >= 0.6 is 34.8 Å². The van der Waals surface area contributed by atoms with Crippen molar-refractivity contribution in [3.8, 4) is 23.5 Å². The van der Waals surface area contributed by atoms with Crippen LogP contribution in [0.4, 0.5) is 35.9 Å². The van der Waals surface area contributed by atoms with Crippen molar-refractivity contribution >= 4 is 46.9 Å². The zero-order chi connectivity index (χ0) is 35.3. The normalized spacial score (nSPS) is 11.4. The Bertz CT molecular complexity index is 1760. The molecule has 21 heteroatoms. The summed E-state index contributed by atoms with van der Waals surface area (Å²) in [7, 11) is 2.85. The highest BCUT2D eigenvalue weighted by molar-refractivity contribution is 6.33. The van der Waals surface area contributed by atoms with E-state index in [2.05, 4.69) is 30.8 Å². The Balaban J connectivity index is 0.000000256. The number of aromatic nitrogens is 6. The largest absolute Gasteiger partial charge is 0.417 e. The maximum absolute atomic E-state index is 12.6. The topological polar surface area (TPSA) is 138 Å². The van der Waals surface area contributed by atoms with Gasteiger partial charge in [-0.15, -0.1) is 10.2 Å². The quantitative estimate of drug-likeness (QED) is 0.193. The van der Waals surface area contributed by atoms with Crippen LogP contribution in [0.5, 0.6) is 23.5 Å². The van der Waals surface area contributed by atoms with Gasteiger partial charge in [-0.05, 0) is 25.0 Å².